The van der Waals surface area contributed by atoms with Crippen molar-refractivity contribution in [1.29, 1.82) is 0 Å². The number of aryl methyl sites for hydroxylation is 2. The van der Waals surface area contributed by atoms with Crippen molar-refractivity contribution in [2.45, 2.75) is 20.3 Å². The zero-order chi connectivity index (χ0) is 18.1. The first kappa shape index (κ1) is 17.1. The molecular formula is C20H22O5. The lowest BCUT2D eigenvalue weighted by Crippen LogP contribution is -2.30. The lowest BCUT2D eigenvalue weighted by Gasteiger charge is -2.27. The van der Waals surface area contributed by atoms with E-state index >= 15 is 0 Å². The van der Waals surface area contributed by atoms with Gasteiger partial charge in [0.15, 0.2) is 17.3 Å². The van der Waals surface area contributed by atoms with Crippen molar-refractivity contribution >= 4 is 5.78 Å². The van der Waals surface area contributed by atoms with Crippen LogP contribution in [0.25, 0.3) is 0 Å². The van der Waals surface area contributed by atoms with Crippen LogP contribution in [0.3, 0.4) is 0 Å². The average Bonchev–Trinajstić information content (AvgIpc) is 2.61. The number of carbonyl (C=O) groups is 1. The van der Waals surface area contributed by atoms with Crippen molar-refractivity contribution in [3.63, 3.8) is 0 Å². The van der Waals surface area contributed by atoms with Crippen molar-refractivity contribution in [3.8, 4) is 23.0 Å². The van der Waals surface area contributed by atoms with Gasteiger partial charge in [0.2, 0.25) is 0 Å². The van der Waals surface area contributed by atoms with Crippen LogP contribution in [-0.2, 0) is 6.42 Å². The molecule has 1 N–H and O–H groups in total. The lowest BCUT2D eigenvalue weighted by molar-refractivity contribution is 0.0824. The molecule has 0 radical (unpaired) electrons. The molecule has 1 heterocycles. The Balaban J connectivity index is 1.90. The van der Waals surface area contributed by atoms with Gasteiger partial charge in [0.25, 0.3) is 0 Å². The first-order valence-corrected chi connectivity index (χ1v) is 8.17. The Hall–Kier alpha value is -2.69. The van der Waals surface area contributed by atoms with Crippen molar-refractivity contribution in [3.05, 3.63) is 46.5 Å². The fraction of sp³-hybridized carbons (Fsp3) is 0.350. The standard InChI is InChI=1S/C20H22O5/c1-11-7-12(2)20-17(18(11)21)19(22)14(10-25-20)8-13-5-6-15(23-3)16(9-13)24-4/h5-7,9,14,21H,8,10H2,1-4H3. The van der Waals surface area contributed by atoms with Crippen LogP contribution in [0.1, 0.15) is 27.0 Å². The minimum Gasteiger partial charge on any atom is -0.507 e. The SMILES string of the molecule is COc1ccc(CC2COc3c(C)cc(C)c(O)c3C2=O)cc1OC. The van der Waals surface area contributed by atoms with E-state index in [2.05, 4.69) is 0 Å². The minimum atomic E-state index is -0.349. The molecule has 0 aliphatic carbocycles. The highest BCUT2D eigenvalue weighted by Gasteiger charge is 2.33. The number of carbonyl (C=O) groups excluding carboxylic acids is 1. The molecule has 25 heavy (non-hydrogen) atoms. The molecule has 0 bridgehead atoms. The fourth-order valence-electron chi connectivity index (χ4n) is 3.28. The van der Waals surface area contributed by atoms with E-state index in [1.807, 2.05) is 31.2 Å². The summed E-state index contributed by atoms with van der Waals surface area (Å²) in [5.74, 6) is 1.35. The number of aromatic hydroxyl groups is 1. The maximum absolute atomic E-state index is 12.9. The number of methoxy groups -OCH3 is 2. The highest BCUT2D eigenvalue weighted by molar-refractivity contribution is 6.04. The highest BCUT2D eigenvalue weighted by atomic mass is 16.5. The number of phenolic OH excluding ortho intramolecular Hbond substituents is 1. The molecule has 1 aliphatic heterocycles. The normalized spacial score (nSPS) is 16.2. The summed E-state index contributed by atoms with van der Waals surface area (Å²) in [6, 6.07) is 7.42. The maximum atomic E-state index is 12.9. The third kappa shape index (κ3) is 3.02. The molecule has 132 valence electrons. The summed E-state index contributed by atoms with van der Waals surface area (Å²) in [5, 5.41) is 10.3. The fourth-order valence-corrected chi connectivity index (χ4v) is 3.28. The van der Waals surface area contributed by atoms with Crippen molar-refractivity contribution in [2.24, 2.45) is 5.92 Å². The van der Waals surface area contributed by atoms with Crippen LogP contribution in [0.2, 0.25) is 0 Å². The molecule has 1 aliphatic rings. The van der Waals surface area contributed by atoms with Crippen LogP contribution in [-0.4, -0.2) is 31.7 Å². The number of ketones is 1. The van der Waals surface area contributed by atoms with Gasteiger partial charge >= 0.3 is 0 Å². The monoisotopic (exact) mass is 342 g/mol. The molecule has 3 rings (SSSR count). The van der Waals surface area contributed by atoms with Crippen molar-refractivity contribution in [1.82, 2.24) is 0 Å². The zero-order valence-corrected chi connectivity index (χ0v) is 14.9. The quantitative estimate of drug-likeness (QED) is 0.922. The van der Waals surface area contributed by atoms with Gasteiger partial charge in [0.05, 0.1) is 26.7 Å². The number of phenols is 1. The van der Waals surface area contributed by atoms with E-state index in [0.29, 0.717) is 41.4 Å². The van der Waals surface area contributed by atoms with Crippen LogP contribution in [0.4, 0.5) is 0 Å². The molecule has 0 fully saturated rings. The van der Waals surface area contributed by atoms with E-state index in [4.69, 9.17) is 14.2 Å². The van der Waals surface area contributed by atoms with Crippen molar-refractivity contribution < 1.29 is 24.1 Å². The van der Waals surface area contributed by atoms with Gasteiger partial charge in [0.1, 0.15) is 17.1 Å². The van der Waals surface area contributed by atoms with E-state index in [1.165, 1.54) is 0 Å². The van der Waals surface area contributed by atoms with E-state index in [9.17, 15) is 9.90 Å². The molecule has 0 aromatic heterocycles. The van der Waals surface area contributed by atoms with E-state index in [1.54, 1.807) is 21.1 Å². The maximum Gasteiger partial charge on any atom is 0.177 e. The molecule has 1 unspecified atom stereocenters. The Kier molecular flexibility index (Phi) is 4.57. The molecule has 0 amide bonds. The highest BCUT2D eigenvalue weighted by Crippen LogP contribution is 2.40. The largest absolute Gasteiger partial charge is 0.507 e. The number of rotatable bonds is 4. The Bertz CT molecular complexity index is 825. The number of ether oxygens (including phenoxy) is 3. The van der Waals surface area contributed by atoms with Crippen LogP contribution in [0.5, 0.6) is 23.0 Å². The number of Topliss-reactive ketones (excluding diaryl/α,β-unsaturated/α-hetero) is 1. The minimum absolute atomic E-state index is 0.0163. The molecule has 0 saturated carbocycles. The van der Waals surface area contributed by atoms with Gasteiger partial charge in [-0.3, -0.25) is 4.79 Å². The predicted molar refractivity (Wildman–Crippen MR) is 94.1 cm³/mol. The third-order valence-electron chi connectivity index (χ3n) is 4.60. The summed E-state index contributed by atoms with van der Waals surface area (Å²) in [6.07, 6.45) is 0.505. The second-order valence-electron chi connectivity index (χ2n) is 6.33. The zero-order valence-electron chi connectivity index (χ0n) is 14.9. The van der Waals surface area contributed by atoms with Gasteiger partial charge in [-0.15, -0.1) is 0 Å². The van der Waals surface area contributed by atoms with Gasteiger partial charge < -0.3 is 19.3 Å². The topological polar surface area (TPSA) is 65.0 Å². The third-order valence-corrected chi connectivity index (χ3v) is 4.60. The number of hydrogen-bond donors (Lipinski definition) is 1. The molecule has 0 saturated heterocycles. The second-order valence-corrected chi connectivity index (χ2v) is 6.33. The van der Waals surface area contributed by atoms with E-state index < -0.39 is 0 Å². The molecule has 0 spiro atoms. The Labute approximate surface area is 147 Å². The summed E-state index contributed by atoms with van der Waals surface area (Å²) in [4.78, 5) is 12.9. The first-order chi connectivity index (χ1) is 12.0. The summed E-state index contributed by atoms with van der Waals surface area (Å²) < 4.78 is 16.4. The van der Waals surface area contributed by atoms with Crippen LogP contribution >= 0.6 is 0 Å². The summed E-state index contributed by atoms with van der Waals surface area (Å²) in [5.41, 5.74) is 2.80. The second kappa shape index (κ2) is 6.67. The lowest BCUT2D eigenvalue weighted by atomic mass is 9.87. The number of hydrogen-bond acceptors (Lipinski definition) is 5. The van der Waals surface area contributed by atoms with Crippen molar-refractivity contribution in [2.75, 3.05) is 20.8 Å². The van der Waals surface area contributed by atoms with Gasteiger partial charge in [-0.05, 0) is 55.2 Å². The van der Waals surface area contributed by atoms with Gasteiger partial charge in [-0.2, -0.15) is 0 Å². The van der Waals surface area contributed by atoms with Gasteiger partial charge in [-0.25, -0.2) is 0 Å². The summed E-state index contributed by atoms with van der Waals surface area (Å²) in [6.45, 7) is 3.96. The predicted octanol–water partition coefficient (Wildman–Crippen LogP) is 3.46. The molecule has 2 aromatic carbocycles. The van der Waals surface area contributed by atoms with E-state index in [-0.39, 0.29) is 17.5 Å². The molecule has 5 heteroatoms. The van der Waals surface area contributed by atoms with Crippen LogP contribution in [0, 0.1) is 19.8 Å². The smallest absolute Gasteiger partial charge is 0.177 e. The van der Waals surface area contributed by atoms with Gasteiger partial charge in [-0.1, -0.05) is 6.07 Å². The molecule has 1 atom stereocenters. The Morgan fingerprint density at radius 1 is 1.12 bits per heavy atom. The average molecular weight is 342 g/mol. The molecule has 5 nitrogen and oxygen atoms in total. The summed E-state index contributed by atoms with van der Waals surface area (Å²) in [7, 11) is 3.16. The summed E-state index contributed by atoms with van der Waals surface area (Å²) >= 11 is 0. The molecular weight excluding hydrogens is 320 g/mol. The van der Waals surface area contributed by atoms with Crippen LogP contribution < -0.4 is 14.2 Å². The Morgan fingerprint density at radius 2 is 1.84 bits per heavy atom. The molecule has 2 aromatic rings. The Morgan fingerprint density at radius 3 is 2.52 bits per heavy atom. The van der Waals surface area contributed by atoms with Gasteiger partial charge in [0, 0.05) is 0 Å². The number of benzene rings is 2. The van der Waals surface area contributed by atoms with E-state index in [0.717, 1.165) is 11.1 Å². The van der Waals surface area contributed by atoms with Crippen LogP contribution in [0.15, 0.2) is 24.3 Å². The number of fused-ring (bicyclic) bond motifs is 1. The first-order valence-electron chi connectivity index (χ1n) is 8.17.